The van der Waals surface area contributed by atoms with Gasteiger partial charge in [-0.3, -0.25) is 10.1 Å². The van der Waals surface area contributed by atoms with Gasteiger partial charge in [0.25, 0.3) is 0 Å². The van der Waals surface area contributed by atoms with Crippen molar-refractivity contribution >= 4 is 17.7 Å². The molecule has 1 aromatic rings. The second-order valence-corrected chi connectivity index (χ2v) is 5.97. The van der Waals surface area contributed by atoms with Gasteiger partial charge >= 0.3 is 0 Å². The summed E-state index contributed by atoms with van der Waals surface area (Å²) in [5.74, 6) is -0.468. The van der Waals surface area contributed by atoms with Gasteiger partial charge in [0.1, 0.15) is 6.17 Å². The molecule has 0 spiro atoms. The summed E-state index contributed by atoms with van der Waals surface area (Å²) in [7, 11) is 0. The number of nitrogens with one attached hydrogen (secondary N) is 1. The number of amides is 1. The highest BCUT2D eigenvalue weighted by atomic mass is 32.2. The maximum absolute atomic E-state index is 13.3. The number of hydrogen-bond acceptors (Lipinski definition) is 3. The first-order valence-corrected chi connectivity index (χ1v) is 7.89. The van der Waals surface area contributed by atoms with Crippen LogP contribution >= 0.6 is 11.8 Å². The van der Waals surface area contributed by atoms with Crippen molar-refractivity contribution < 1.29 is 13.6 Å². The average molecular weight is 300 g/mol. The second kappa shape index (κ2) is 6.54. The molecule has 0 aliphatic carbocycles. The summed E-state index contributed by atoms with van der Waals surface area (Å²) in [6.45, 7) is 2.91. The molecule has 0 saturated carbocycles. The highest BCUT2D eigenvalue weighted by Crippen LogP contribution is 2.25. The highest BCUT2D eigenvalue weighted by Gasteiger charge is 2.32. The van der Waals surface area contributed by atoms with Gasteiger partial charge in [-0.2, -0.15) is 11.8 Å². The van der Waals surface area contributed by atoms with E-state index in [1.165, 1.54) is 6.07 Å². The van der Waals surface area contributed by atoms with Crippen LogP contribution in [0, 0.1) is 17.6 Å². The third-order valence-corrected chi connectivity index (χ3v) is 4.20. The number of carbonyl (C=O) groups excluding carboxylic acids is 1. The molecule has 2 atom stereocenters. The summed E-state index contributed by atoms with van der Waals surface area (Å²) in [6.07, 6.45) is 1.65. The molecule has 3 nitrogen and oxygen atoms in total. The van der Waals surface area contributed by atoms with E-state index in [0.717, 1.165) is 17.9 Å². The number of benzene rings is 1. The fraction of sp³-hybridized carbons (Fsp3) is 0.500. The maximum atomic E-state index is 13.3. The monoisotopic (exact) mass is 300 g/mol. The summed E-state index contributed by atoms with van der Waals surface area (Å²) >= 11 is 1.73. The minimum atomic E-state index is -0.888. The minimum Gasteiger partial charge on any atom is -0.322 e. The topological polar surface area (TPSA) is 32.3 Å². The zero-order valence-electron chi connectivity index (χ0n) is 11.5. The number of rotatable bonds is 5. The van der Waals surface area contributed by atoms with Gasteiger partial charge in [-0.15, -0.1) is 0 Å². The van der Waals surface area contributed by atoms with E-state index in [-0.39, 0.29) is 18.6 Å². The molecule has 0 bridgehead atoms. The summed E-state index contributed by atoms with van der Waals surface area (Å²) in [4.78, 5) is 13.6. The maximum Gasteiger partial charge on any atom is 0.238 e. The minimum absolute atomic E-state index is 0.00677. The van der Waals surface area contributed by atoms with Crippen molar-refractivity contribution in [2.75, 3.05) is 25.1 Å². The zero-order chi connectivity index (χ0) is 14.7. The van der Waals surface area contributed by atoms with Gasteiger partial charge in [0, 0.05) is 6.54 Å². The van der Waals surface area contributed by atoms with E-state index >= 15 is 0 Å². The fourth-order valence-corrected chi connectivity index (χ4v) is 3.07. The van der Waals surface area contributed by atoms with Gasteiger partial charge < -0.3 is 4.90 Å². The van der Waals surface area contributed by atoms with E-state index in [9.17, 15) is 13.6 Å². The molecule has 2 rings (SSSR count). The van der Waals surface area contributed by atoms with E-state index in [0.29, 0.717) is 18.0 Å². The van der Waals surface area contributed by atoms with Crippen LogP contribution in [0.5, 0.6) is 0 Å². The number of halogens is 2. The summed E-state index contributed by atoms with van der Waals surface area (Å²) in [5.41, 5.74) is 0.575. The van der Waals surface area contributed by atoms with E-state index in [1.807, 2.05) is 6.26 Å². The Morgan fingerprint density at radius 3 is 2.85 bits per heavy atom. The molecule has 2 unspecified atom stereocenters. The largest absolute Gasteiger partial charge is 0.322 e. The Kier molecular flexibility index (Phi) is 4.99. The van der Waals surface area contributed by atoms with Crippen LogP contribution in [0.3, 0.4) is 0 Å². The number of thioether (sulfide) groups is 1. The summed E-state index contributed by atoms with van der Waals surface area (Å²) in [6, 6.07) is 3.76. The molecular formula is C14H18F2N2OS. The third-order valence-electron chi connectivity index (χ3n) is 3.30. The van der Waals surface area contributed by atoms with Crippen LogP contribution in [0.25, 0.3) is 0 Å². The number of nitrogens with zero attached hydrogens (tertiary/aromatic N) is 1. The van der Waals surface area contributed by atoms with Crippen LogP contribution in [-0.2, 0) is 4.79 Å². The van der Waals surface area contributed by atoms with Crippen molar-refractivity contribution in [1.82, 2.24) is 10.2 Å². The van der Waals surface area contributed by atoms with Crippen LogP contribution in [0.2, 0.25) is 0 Å². The van der Waals surface area contributed by atoms with Gasteiger partial charge in [0.05, 0.1) is 6.54 Å². The first-order valence-electron chi connectivity index (χ1n) is 6.49. The quantitative estimate of drug-likeness (QED) is 0.906. The van der Waals surface area contributed by atoms with E-state index in [1.54, 1.807) is 16.7 Å². The van der Waals surface area contributed by atoms with Gasteiger partial charge in [0.2, 0.25) is 5.91 Å². The van der Waals surface area contributed by atoms with Crippen LogP contribution < -0.4 is 5.32 Å². The molecule has 1 aromatic carbocycles. The van der Waals surface area contributed by atoms with Crippen molar-refractivity contribution in [2.24, 2.45) is 5.92 Å². The molecule has 1 aliphatic rings. The molecule has 110 valence electrons. The molecule has 0 aromatic heterocycles. The van der Waals surface area contributed by atoms with Crippen LogP contribution in [0.15, 0.2) is 18.2 Å². The zero-order valence-corrected chi connectivity index (χ0v) is 12.3. The molecule has 1 amide bonds. The predicted molar refractivity (Wildman–Crippen MR) is 76.4 cm³/mol. The van der Waals surface area contributed by atoms with Crippen molar-refractivity contribution in [3.63, 3.8) is 0 Å². The van der Waals surface area contributed by atoms with Crippen LogP contribution in [-0.4, -0.2) is 35.9 Å². The molecule has 1 aliphatic heterocycles. The molecule has 6 heteroatoms. The lowest BCUT2D eigenvalue weighted by molar-refractivity contribution is -0.128. The average Bonchev–Trinajstić information content (AvgIpc) is 2.75. The Morgan fingerprint density at radius 2 is 2.20 bits per heavy atom. The highest BCUT2D eigenvalue weighted by molar-refractivity contribution is 7.98. The Hall–Kier alpha value is -1.14. The molecule has 20 heavy (non-hydrogen) atoms. The molecular weight excluding hydrogens is 282 g/mol. The number of carbonyl (C=O) groups is 1. The van der Waals surface area contributed by atoms with Gasteiger partial charge in [-0.1, -0.05) is 13.0 Å². The van der Waals surface area contributed by atoms with Crippen LogP contribution in [0.4, 0.5) is 8.78 Å². The van der Waals surface area contributed by atoms with Gasteiger partial charge in [-0.25, -0.2) is 8.78 Å². The number of hydrogen-bond donors (Lipinski definition) is 1. The van der Waals surface area contributed by atoms with Crippen molar-refractivity contribution in [3.05, 3.63) is 35.4 Å². The normalized spacial score (nSPS) is 20.5. The van der Waals surface area contributed by atoms with Crippen molar-refractivity contribution in [3.8, 4) is 0 Å². The lowest BCUT2D eigenvalue weighted by atomic mass is 10.1. The summed E-state index contributed by atoms with van der Waals surface area (Å²) in [5, 5.41) is 3.05. The Morgan fingerprint density at radius 1 is 1.45 bits per heavy atom. The third kappa shape index (κ3) is 3.30. The fourth-order valence-electron chi connectivity index (χ4n) is 2.40. The van der Waals surface area contributed by atoms with E-state index in [2.05, 4.69) is 12.2 Å². The lowest BCUT2D eigenvalue weighted by Crippen LogP contribution is -2.34. The molecule has 1 fully saturated rings. The molecule has 0 radical (unpaired) electrons. The standard InChI is InChI=1S/C14H18F2N2OS/c1-9(8-20-2)7-18-13(19)6-17-14(18)10-3-4-11(15)12(16)5-10/h3-5,9,14,17H,6-8H2,1-2H3. The smallest absolute Gasteiger partial charge is 0.238 e. The van der Waals surface area contributed by atoms with Crippen LogP contribution in [0.1, 0.15) is 18.7 Å². The first-order chi connectivity index (χ1) is 9.52. The van der Waals surface area contributed by atoms with Gasteiger partial charge in [0.15, 0.2) is 11.6 Å². The van der Waals surface area contributed by atoms with E-state index < -0.39 is 11.6 Å². The van der Waals surface area contributed by atoms with Crippen molar-refractivity contribution in [2.45, 2.75) is 13.1 Å². The lowest BCUT2D eigenvalue weighted by Gasteiger charge is -2.27. The van der Waals surface area contributed by atoms with Crippen molar-refractivity contribution in [1.29, 1.82) is 0 Å². The van der Waals surface area contributed by atoms with E-state index in [4.69, 9.17) is 0 Å². The SMILES string of the molecule is CSCC(C)CN1C(=O)CNC1c1ccc(F)c(F)c1. The molecule has 1 saturated heterocycles. The van der Waals surface area contributed by atoms with Gasteiger partial charge in [-0.05, 0) is 35.6 Å². The predicted octanol–water partition coefficient (Wildman–Crippen LogP) is 2.39. The first kappa shape index (κ1) is 15.3. The Labute approximate surface area is 121 Å². The molecule has 1 N–H and O–H groups in total. The Balaban J connectivity index is 2.16. The summed E-state index contributed by atoms with van der Waals surface area (Å²) < 4.78 is 26.3. The Bertz CT molecular complexity index is 498. The molecule has 1 heterocycles. The second-order valence-electron chi connectivity index (χ2n) is 5.06.